The average molecular weight is 368 g/mol. The molecule has 4 rings (SSSR count). The summed E-state index contributed by atoms with van der Waals surface area (Å²) in [5.41, 5.74) is 1.84. The van der Waals surface area contributed by atoms with Gasteiger partial charge in [0.15, 0.2) is 5.58 Å². The van der Waals surface area contributed by atoms with E-state index in [0.29, 0.717) is 18.5 Å². The molecule has 0 atom stereocenters. The zero-order valence-corrected chi connectivity index (χ0v) is 14.8. The number of benzene rings is 2. The highest BCUT2D eigenvalue weighted by Gasteiger charge is 2.23. The summed E-state index contributed by atoms with van der Waals surface area (Å²) < 4.78 is 19.4. The normalized spacial score (nSPS) is 15.1. The summed E-state index contributed by atoms with van der Waals surface area (Å²) in [7, 11) is 0. The first kappa shape index (κ1) is 17.3. The lowest BCUT2D eigenvalue weighted by Gasteiger charge is -2.30. The molecular weight excluding hydrogens is 347 g/mol. The topological polar surface area (TPSA) is 70.4 Å². The minimum Gasteiger partial charge on any atom is -0.423 e. The number of fused-ring (bicyclic) bond motifs is 1. The molecule has 6 nitrogen and oxygen atoms in total. The number of amides is 2. The lowest BCUT2D eigenvalue weighted by Crippen LogP contribution is -2.40. The zero-order chi connectivity index (χ0) is 18.6. The van der Waals surface area contributed by atoms with E-state index < -0.39 is 5.82 Å². The molecule has 2 N–H and O–H groups in total. The molecule has 0 bridgehead atoms. The molecule has 140 valence electrons. The third-order valence-electron chi connectivity index (χ3n) is 4.84. The van der Waals surface area contributed by atoms with Crippen LogP contribution in [0.1, 0.15) is 12.8 Å². The van der Waals surface area contributed by atoms with Crippen LogP contribution in [0.15, 0.2) is 52.9 Å². The number of nitrogens with zero attached hydrogens (tertiary/aromatic N) is 2. The van der Waals surface area contributed by atoms with Crippen LogP contribution in [0.5, 0.6) is 0 Å². The molecule has 2 amide bonds. The van der Waals surface area contributed by atoms with E-state index in [1.54, 1.807) is 12.1 Å². The van der Waals surface area contributed by atoms with Crippen molar-refractivity contribution >= 4 is 28.8 Å². The highest BCUT2D eigenvalue weighted by atomic mass is 19.1. The highest BCUT2D eigenvalue weighted by Crippen LogP contribution is 2.26. The van der Waals surface area contributed by atoms with Gasteiger partial charge in [-0.05, 0) is 43.0 Å². The predicted octanol–water partition coefficient (Wildman–Crippen LogP) is 4.01. The van der Waals surface area contributed by atoms with E-state index in [-0.39, 0.29) is 11.7 Å². The zero-order valence-electron chi connectivity index (χ0n) is 14.8. The quantitative estimate of drug-likeness (QED) is 0.730. The van der Waals surface area contributed by atoms with Crippen molar-refractivity contribution in [1.82, 2.24) is 10.3 Å². The Hall–Kier alpha value is -3.09. The Bertz CT molecular complexity index is 901. The second kappa shape index (κ2) is 7.65. The lowest BCUT2D eigenvalue weighted by molar-refractivity contribution is 0.248. The van der Waals surface area contributed by atoms with Crippen LogP contribution in [0.3, 0.4) is 0 Å². The molecule has 2 aromatic carbocycles. The van der Waals surface area contributed by atoms with Gasteiger partial charge in [-0.2, -0.15) is 4.98 Å². The van der Waals surface area contributed by atoms with Crippen LogP contribution in [0.25, 0.3) is 11.1 Å². The van der Waals surface area contributed by atoms with Gasteiger partial charge in [0.05, 0.1) is 5.69 Å². The first-order chi connectivity index (χ1) is 13.2. The minimum atomic E-state index is -0.445. The van der Waals surface area contributed by atoms with Gasteiger partial charge in [0.1, 0.15) is 11.3 Å². The number of carbonyl (C=O) groups excluding carboxylic acids is 1. The molecule has 0 aliphatic carbocycles. The molecule has 3 aromatic rings. The highest BCUT2D eigenvalue weighted by molar-refractivity contribution is 5.89. The van der Waals surface area contributed by atoms with Crippen LogP contribution in [0.4, 0.5) is 20.9 Å². The maximum Gasteiger partial charge on any atom is 0.319 e. The average Bonchev–Trinajstić information content (AvgIpc) is 3.13. The fourth-order valence-electron chi connectivity index (χ4n) is 3.29. The SMILES string of the molecule is O=C(NCC1CCN(c2nc3ccccc3o2)CC1)Nc1ccccc1F. The van der Waals surface area contributed by atoms with Gasteiger partial charge in [0, 0.05) is 19.6 Å². The van der Waals surface area contributed by atoms with E-state index >= 15 is 0 Å². The molecule has 0 saturated carbocycles. The Labute approximate surface area is 156 Å². The number of anilines is 2. The summed E-state index contributed by atoms with van der Waals surface area (Å²) in [5, 5.41) is 5.37. The van der Waals surface area contributed by atoms with Gasteiger partial charge in [-0.3, -0.25) is 0 Å². The van der Waals surface area contributed by atoms with Crippen LogP contribution in [-0.2, 0) is 0 Å². The first-order valence-corrected chi connectivity index (χ1v) is 9.09. The van der Waals surface area contributed by atoms with Gasteiger partial charge in [-0.1, -0.05) is 24.3 Å². The van der Waals surface area contributed by atoms with E-state index in [1.165, 1.54) is 12.1 Å². The van der Waals surface area contributed by atoms with E-state index in [0.717, 1.165) is 37.0 Å². The van der Waals surface area contributed by atoms with Crippen molar-refractivity contribution in [2.24, 2.45) is 5.92 Å². The fourth-order valence-corrected chi connectivity index (χ4v) is 3.29. The van der Waals surface area contributed by atoms with Gasteiger partial charge < -0.3 is 20.0 Å². The summed E-state index contributed by atoms with van der Waals surface area (Å²) in [6, 6.07) is 14.1. The number of carbonyl (C=O) groups is 1. The van der Waals surface area contributed by atoms with Gasteiger partial charge in [-0.25, -0.2) is 9.18 Å². The number of nitrogens with one attached hydrogen (secondary N) is 2. The van der Waals surface area contributed by atoms with Crippen LogP contribution < -0.4 is 15.5 Å². The second-order valence-electron chi connectivity index (χ2n) is 6.71. The Kier molecular flexibility index (Phi) is 4.91. The molecule has 1 aliphatic rings. The number of para-hydroxylation sites is 3. The van der Waals surface area contributed by atoms with Crippen molar-refractivity contribution in [2.45, 2.75) is 12.8 Å². The Morgan fingerprint density at radius 1 is 1.15 bits per heavy atom. The number of piperidine rings is 1. The summed E-state index contributed by atoms with van der Waals surface area (Å²) in [6.07, 6.45) is 1.86. The Balaban J connectivity index is 1.26. The fraction of sp³-hybridized carbons (Fsp3) is 0.300. The number of aromatic nitrogens is 1. The van der Waals surface area contributed by atoms with E-state index in [9.17, 15) is 9.18 Å². The maximum atomic E-state index is 13.6. The molecule has 27 heavy (non-hydrogen) atoms. The third-order valence-corrected chi connectivity index (χ3v) is 4.84. The third kappa shape index (κ3) is 4.02. The van der Waals surface area contributed by atoms with Crippen LogP contribution >= 0.6 is 0 Å². The number of oxazole rings is 1. The minimum absolute atomic E-state index is 0.181. The number of hydrogen-bond acceptors (Lipinski definition) is 4. The number of hydrogen-bond donors (Lipinski definition) is 2. The molecule has 2 heterocycles. The summed E-state index contributed by atoms with van der Waals surface area (Å²) in [4.78, 5) is 18.6. The molecule has 0 unspecified atom stereocenters. The predicted molar refractivity (Wildman–Crippen MR) is 102 cm³/mol. The summed E-state index contributed by atoms with van der Waals surface area (Å²) >= 11 is 0. The van der Waals surface area contributed by atoms with Crippen molar-refractivity contribution in [1.29, 1.82) is 0 Å². The lowest BCUT2D eigenvalue weighted by atomic mass is 9.97. The van der Waals surface area contributed by atoms with Crippen molar-refractivity contribution in [3.05, 3.63) is 54.3 Å². The van der Waals surface area contributed by atoms with Crippen molar-refractivity contribution in [3.63, 3.8) is 0 Å². The Morgan fingerprint density at radius 3 is 2.67 bits per heavy atom. The first-order valence-electron chi connectivity index (χ1n) is 9.09. The van der Waals surface area contributed by atoms with Gasteiger partial charge >= 0.3 is 6.03 Å². The molecule has 0 radical (unpaired) electrons. The molecule has 0 spiro atoms. The smallest absolute Gasteiger partial charge is 0.319 e. The molecule has 1 saturated heterocycles. The van der Waals surface area contributed by atoms with Crippen LogP contribution in [0, 0.1) is 11.7 Å². The van der Waals surface area contributed by atoms with Crippen LogP contribution in [-0.4, -0.2) is 30.6 Å². The molecule has 7 heteroatoms. The Morgan fingerprint density at radius 2 is 1.89 bits per heavy atom. The van der Waals surface area contributed by atoms with Crippen molar-refractivity contribution < 1.29 is 13.6 Å². The van der Waals surface area contributed by atoms with Crippen LogP contribution in [0.2, 0.25) is 0 Å². The molecule has 1 aromatic heterocycles. The van der Waals surface area contributed by atoms with E-state index in [4.69, 9.17) is 4.42 Å². The van der Waals surface area contributed by atoms with E-state index in [1.807, 2.05) is 24.3 Å². The summed E-state index contributed by atoms with van der Waals surface area (Å²) in [5.74, 6) is -0.0729. The van der Waals surface area contributed by atoms with Gasteiger partial charge in [0.2, 0.25) is 0 Å². The monoisotopic (exact) mass is 368 g/mol. The van der Waals surface area contributed by atoms with Crippen molar-refractivity contribution in [3.8, 4) is 0 Å². The largest absolute Gasteiger partial charge is 0.423 e. The molecular formula is C20H21FN4O2. The van der Waals surface area contributed by atoms with Crippen molar-refractivity contribution in [2.75, 3.05) is 29.9 Å². The summed E-state index contributed by atoms with van der Waals surface area (Å²) in [6.45, 7) is 2.21. The molecule has 1 aliphatic heterocycles. The van der Waals surface area contributed by atoms with Gasteiger partial charge in [-0.15, -0.1) is 0 Å². The molecule has 1 fully saturated rings. The number of rotatable bonds is 4. The van der Waals surface area contributed by atoms with E-state index in [2.05, 4.69) is 20.5 Å². The number of urea groups is 1. The second-order valence-corrected chi connectivity index (χ2v) is 6.71. The van der Waals surface area contributed by atoms with Gasteiger partial charge in [0.25, 0.3) is 6.01 Å². The maximum absolute atomic E-state index is 13.6. The standard InChI is InChI=1S/C20H21FN4O2/c21-15-5-1-2-6-16(15)23-19(26)22-13-14-9-11-25(12-10-14)20-24-17-7-3-4-8-18(17)27-20/h1-8,14H,9-13H2,(H2,22,23,26). The number of halogens is 1.